The van der Waals surface area contributed by atoms with Gasteiger partial charge in [-0.05, 0) is 67.0 Å². The van der Waals surface area contributed by atoms with Crippen LogP contribution < -0.4 is 54.0 Å². The highest BCUT2D eigenvalue weighted by Gasteiger charge is 2.33. The Hall–Kier alpha value is -8.87. The minimum Gasteiger partial charge on any atom is -0.508 e. The van der Waals surface area contributed by atoms with Gasteiger partial charge in [0.25, 0.3) is 0 Å². The van der Waals surface area contributed by atoms with Gasteiger partial charge in [0, 0.05) is 49.2 Å². The predicted octanol–water partition coefficient (Wildman–Crippen LogP) is -1.35. The quantitative estimate of drug-likeness (QED) is 0.0277. The molecule has 1 aromatic heterocycles. The van der Waals surface area contributed by atoms with Crippen molar-refractivity contribution in [2.45, 2.75) is 114 Å². The molecule has 0 bridgehead atoms. The molecule has 7 atom stereocenters. The van der Waals surface area contributed by atoms with Crippen LogP contribution >= 0.6 is 0 Å². The second kappa shape index (κ2) is 29.9. The number of para-hydroxylation sites is 1. The van der Waals surface area contributed by atoms with Crippen LogP contribution in [0.25, 0.3) is 10.9 Å². The van der Waals surface area contributed by atoms with Crippen LogP contribution in [0.3, 0.4) is 0 Å². The highest BCUT2D eigenvalue weighted by molar-refractivity contribution is 5.97. The molecule has 3 aromatic carbocycles. The number of aromatic nitrogens is 1. The first kappa shape index (κ1) is 60.7. The minimum absolute atomic E-state index is 0.0158. The second-order valence-electron chi connectivity index (χ2n) is 18.7. The number of nitrogens with one attached hydrogen (secondary N) is 9. The van der Waals surface area contributed by atoms with Crippen LogP contribution in [0, 0.1) is 5.92 Å². The van der Waals surface area contributed by atoms with E-state index in [1.807, 2.05) is 0 Å². The third-order valence-electron chi connectivity index (χ3n) is 11.9. The molecule has 0 aliphatic heterocycles. The van der Waals surface area contributed by atoms with E-state index in [0.29, 0.717) is 27.6 Å². The molecule has 25 heteroatoms. The summed E-state index contributed by atoms with van der Waals surface area (Å²) in [4.78, 5) is 146. The first-order valence-corrected chi connectivity index (χ1v) is 24.7. The Kier molecular flexibility index (Phi) is 23.5. The molecule has 0 fully saturated rings. The van der Waals surface area contributed by atoms with Gasteiger partial charge in [-0.3, -0.25) is 47.9 Å². The molecule has 4 rings (SSSR count). The number of aromatic hydroxyl groups is 1. The van der Waals surface area contributed by atoms with E-state index >= 15 is 0 Å². The van der Waals surface area contributed by atoms with Crippen molar-refractivity contribution in [3.05, 3.63) is 102 Å². The van der Waals surface area contributed by atoms with E-state index in [4.69, 9.17) is 16.6 Å². The summed E-state index contributed by atoms with van der Waals surface area (Å²) in [7, 11) is 0. The number of amides is 9. The van der Waals surface area contributed by atoms with Crippen molar-refractivity contribution in [2.24, 2.45) is 17.4 Å². The number of carboxylic acid groups (broad SMARTS) is 2. The van der Waals surface area contributed by atoms with Crippen LogP contribution in [-0.2, 0) is 72.0 Å². The van der Waals surface area contributed by atoms with Crippen molar-refractivity contribution in [1.29, 1.82) is 0 Å². The number of carbonyl (C=O) groups is 11. The fourth-order valence-corrected chi connectivity index (χ4v) is 7.84. The van der Waals surface area contributed by atoms with Gasteiger partial charge in [-0.15, -0.1) is 0 Å². The highest BCUT2D eigenvalue weighted by atomic mass is 16.4. The van der Waals surface area contributed by atoms with Crippen molar-refractivity contribution in [3.8, 4) is 5.75 Å². The van der Waals surface area contributed by atoms with Crippen molar-refractivity contribution >= 4 is 76.0 Å². The molecule has 0 aliphatic rings. The maximum absolute atomic E-state index is 14.4. The lowest BCUT2D eigenvalue weighted by atomic mass is 9.99. The molecule has 4 aromatic rings. The molecule has 25 nitrogen and oxygen atoms in total. The minimum atomic E-state index is -1.66. The van der Waals surface area contributed by atoms with Gasteiger partial charge < -0.3 is 74.3 Å². The molecular formula is C52H67N11O14. The smallest absolute Gasteiger partial charge is 0.326 e. The fraction of sp³-hybridized carbons (Fsp3) is 0.404. The number of nitrogens with two attached hydrogens (primary N) is 2. The van der Waals surface area contributed by atoms with Gasteiger partial charge in [-0.25, -0.2) is 4.79 Å². The Labute approximate surface area is 442 Å². The lowest BCUT2D eigenvalue weighted by Gasteiger charge is -2.26. The van der Waals surface area contributed by atoms with Crippen LogP contribution in [0.1, 0.15) is 69.6 Å². The Morgan fingerprint density at radius 1 is 0.532 bits per heavy atom. The molecule has 0 saturated heterocycles. The third-order valence-corrected chi connectivity index (χ3v) is 11.9. The summed E-state index contributed by atoms with van der Waals surface area (Å²) < 4.78 is 0. The average Bonchev–Trinajstić information content (AvgIpc) is 3.79. The Balaban J connectivity index is 1.53. The number of aliphatic carboxylic acids is 2. The van der Waals surface area contributed by atoms with E-state index in [0.717, 1.165) is 0 Å². The van der Waals surface area contributed by atoms with Crippen molar-refractivity contribution in [2.75, 3.05) is 13.1 Å². The summed E-state index contributed by atoms with van der Waals surface area (Å²) in [5.41, 5.74) is 13.5. The Morgan fingerprint density at radius 2 is 1.01 bits per heavy atom. The van der Waals surface area contributed by atoms with E-state index in [9.17, 15) is 63.0 Å². The van der Waals surface area contributed by atoms with Crippen molar-refractivity contribution in [3.63, 3.8) is 0 Å². The van der Waals surface area contributed by atoms with Crippen LogP contribution in [0.4, 0.5) is 0 Å². The number of hydrogen-bond acceptors (Lipinski definition) is 13. The number of carbonyl (C=O) groups excluding carboxylic acids is 9. The van der Waals surface area contributed by atoms with Gasteiger partial charge in [-0.2, -0.15) is 0 Å². The third kappa shape index (κ3) is 20.8. The molecule has 0 unspecified atom stereocenters. The van der Waals surface area contributed by atoms with Gasteiger partial charge >= 0.3 is 11.9 Å². The molecule has 1 heterocycles. The van der Waals surface area contributed by atoms with Gasteiger partial charge in [0.15, 0.2) is 0 Å². The number of hydrogen-bond donors (Lipinski definition) is 14. The Morgan fingerprint density at radius 3 is 1.58 bits per heavy atom. The Bertz CT molecular complexity index is 2730. The van der Waals surface area contributed by atoms with E-state index in [2.05, 4.69) is 47.5 Å². The fourth-order valence-electron chi connectivity index (χ4n) is 7.84. The van der Waals surface area contributed by atoms with Crippen LogP contribution in [0.15, 0.2) is 85.1 Å². The molecule has 77 heavy (non-hydrogen) atoms. The topological polar surface area (TPSA) is 413 Å². The summed E-state index contributed by atoms with van der Waals surface area (Å²) >= 11 is 0. The molecule has 0 spiro atoms. The van der Waals surface area contributed by atoms with E-state index in [1.165, 1.54) is 19.1 Å². The standard InChI is InChI=1S/C52H67N11O14/c1-28(2)21-38(62-51(75)40(22-30-9-5-4-6-10-30)59-44(67)27-56-47(71)39(61-46(70)29(3)53)23-31-13-15-33(64)16-14-31)50(74)63-41(24-32-25-55-35-12-8-7-11-34(32)35)48(72)57-26-43(66)58-36(17-19-42(54)65)49(73)60-37(52(76)77)18-20-45(68)69/h4-16,25,28-29,36-41,55,64H,17-24,26-27,53H2,1-3H3,(H2,54,65)(H,56,71)(H,57,72)(H,58,66)(H,59,67)(H,60,73)(H,61,70)(H,62,75)(H,63,74)(H,68,69)(H,76,77)/t29-,36+,37+,38+,39+,40+,41+/m1/s1. The average molecular weight is 1070 g/mol. The maximum Gasteiger partial charge on any atom is 0.326 e. The summed E-state index contributed by atoms with van der Waals surface area (Å²) in [6, 6.07) is 12.2. The van der Waals surface area contributed by atoms with Crippen molar-refractivity contribution < 1.29 is 68.1 Å². The molecule has 414 valence electrons. The van der Waals surface area contributed by atoms with E-state index < -0.39 is 140 Å². The predicted molar refractivity (Wildman–Crippen MR) is 278 cm³/mol. The largest absolute Gasteiger partial charge is 0.508 e. The van der Waals surface area contributed by atoms with Gasteiger partial charge in [0.05, 0.1) is 19.1 Å². The lowest BCUT2D eigenvalue weighted by Crippen LogP contribution is -2.59. The first-order valence-electron chi connectivity index (χ1n) is 24.7. The number of rotatable bonds is 31. The number of H-pyrrole nitrogens is 1. The number of primary amides is 1. The van der Waals surface area contributed by atoms with Gasteiger partial charge in [0.2, 0.25) is 53.2 Å². The number of aromatic amines is 1. The molecule has 9 amide bonds. The molecular weight excluding hydrogens is 1000 g/mol. The first-order chi connectivity index (χ1) is 36.5. The number of phenolic OH excluding ortho intramolecular Hbond substituents is 1. The lowest BCUT2D eigenvalue weighted by molar-refractivity contribution is -0.143. The van der Waals surface area contributed by atoms with E-state index in [1.54, 1.807) is 86.8 Å². The monoisotopic (exact) mass is 1070 g/mol. The molecule has 0 saturated carbocycles. The zero-order valence-electron chi connectivity index (χ0n) is 42.8. The maximum atomic E-state index is 14.4. The number of phenols is 1. The van der Waals surface area contributed by atoms with Crippen LogP contribution in [0.5, 0.6) is 5.75 Å². The zero-order valence-corrected chi connectivity index (χ0v) is 42.8. The SMILES string of the molecule is CC(C)C[C@H](NC(=O)[C@H](Cc1ccccc1)NC(=O)CNC(=O)[C@H](Cc1ccc(O)cc1)NC(=O)[C@@H](C)N)C(=O)N[C@@H](Cc1c[nH]c2ccccc12)C(=O)NCC(=O)N[C@@H](CCC(N)=O)C(=O)N[C@@H](CCC(=O)O)C(=O)O. The highest BCUT2D eigenvalue weighted by Crippen LogP contribution is 2.20. The van der Waals surface area contributed by atoms with Crippen LogP contribution in [0.2, 0.25) is 0 Å². The van der Waals surface area contributed by atoms with Gasteiger partial charge in [0.1, 0.15) is 42.0 Å². The number of carboxylic acids is 2. The van der Waals surface area contributed by atoms with E-state index in [-0.39, 0.29) is 43.8 Å². The second-order valence-corrected chi connectivity index (χ2v) is 18.7. The normalized spacial score (nSPS) is 13.7. The summed E-state index contributed by atoms with van der Waals surface area (Å²) in [5.74, 6) is -10.7. The van der Waals surface area contributed by atoms with Crippen LogP contribution in [-0.4, -0.2) is 141 Å². The molecule has 0 radical (unpaired) electrons. The van der Waals surface area contributed by atoms with Gasteiger partial charge in [-0.1, -0.05) is 74.5 Å². The van der Waals surface area contributed by atoms with Crippen molar-refractivity contribution in [1.82, 2.24) is 47.5 Å². The zero-order chi connectivity index (χ0) is 56.8. The summed E-state index contributed by atoms with van der Waals surface area (Å²) in [6.07, 6.45) is -0.495. The summed E-state index contributed by atoms with van der Waals surface area (Å²) in [6.45, 7) is 3.56. The number of fused-ring (bicyclic) bond motifs is 1. The summed E-state index contributed by atoms with van der Waals surface area (Å²) in [5, 5.41) is 49.0. The number of benzene rings is 3. The molecule has 16 N–H and O–H groups in total. The molecule has 0 aliphatic carbocycles.